The smallest absolute Gasteiger partial charge is 0.250 e. The van der Waals surface area contributed by atoms with Crippen molar-refractivity contribution in [2.75, 3.05) is 0 Å². The van der Waals surface area contributed by atoms with Gasteiger partial charge in [0, 0.05) is 5.57 Å². The summed E-state index contributed by atoms with van der Waals surface area (Å²) in [7, 11) is 0. The Bertz CT molecular complexity index is 778. The number of carbonyl (C=O) groups excluding carboxylic acids is 1. The summed E-state index contributed by atoms with van der Waals surface area (Å²) < 4.78 is 0. The molecule has 0 saturated carbocycles. The van der Waals surface area contributed by atoms with E-state index in [0.29, 0.717) is 0 Å². The molecule has 0 aliphatic carbocycles. The van der Waals surface area contributed by atoms with Gasteiger partial charge in [0.2, 0.25) is 0 Å². The Morgan fingerprint density at radius 3 is 2.11 bits per heavy atom. The number of carbonyl (C=O) groups is 1. The van der Waals surface area contributed by atoms with Crippen molar-refractivity contribution in [1.29, 1.82) is 0 Å². The largest absolute Gasteiger partial charge is 0.325 e. The lowest BCUT2D eigenvalue weighted by molar-refractivity contribution is -0.133. The maximum atomic E-state index is 13.7. The van der Waals surface area contributed by atoms with Crippen molar-refractivity contribution < 1.29 is 4.79 Å². The van der Waals surface area contributed by atoms with E-state index in [1.165, 1.54) is 16.7 Å². The molecule has 2 atom stereocenters. The summed E-state index contributed by atoms with van der Waals surface area (Å²) in [4.78, 5) is 15.8. The van der Waals surface area contributed by atoms with E-state index in [0.717, 1.165) is 37.7 Å². The van der Waals surface area contributed by atoms with Crippen LogP contribution in [0, 0.1) is 0 Å². The van der Waals surface area contributed by atoms with Gasteiger partial charge in [-0.2, -0.15) is 0 Å². The molecule has 0 aromatic heterocycles. The minimum absolute atomic E-state index is 0.0546. The lowest BCUT2D eigenvalue weighted by atomic mass is 9.84. The van der Waals surface area contributed by atoms with Gasteiger partial charge in [0.15, 0.2) is 0 Å². The van der Waals surface area contributed by atoms with Crippen LogP contribution in [0.2, 0.25) is 0 Å². The van der Waals surface area contributed by atoms with Crippen LogP contribution in [0.4, 0.5) is 0 Å². The van der Waals surface area contributed by atoms with Crippen molar-refractivity contribution >= 4 is 5.91 Å². The molecule has 142 valence electrons. The van der Waals surface area contributed by atoms with Crippen LogP contribution in [0.25, 0.3) is 0 Å². The van der Waals surface area contributed by atoms with Gasteiger partial charge in [-0.05, 0) is 37.3 Å². The molecule has 2 heteroatoms. The fourth-order valence-electron chi connectivity index (χ4n) is 4.28. The van der Waals surface area contributed by atoms with Crippen molar-refractivity contribution in [1.82, 2.24) is 4.90 Å². The molecule has 0 unspecified atom stereocenters. The van der Waals surface area contributed by atoms with Crippen LogP contribution >= 0.6 is 0 Å². The normalized spacial score (nSPS) is 18.7. The van der Waals surface area contributed by atoms with Crippen molar-refractivity contribution in [2.45, 2.75) is 65.0 Å². The van der Waals surface area contributed by atoms with Crippen LogP contribution in [0.15, 0.2) is 71.8 Å². The fourth-order valence-corrected chi connectivity index (χ4v) is 4.28. The third kappa shape index (κ3) is 4.16. The third-order valence-corrected chi connectivity index (χ3v) is 5.63. The van der Waals surface area contributed by atoms with E-state index in [4.69, 9.17) is 0 Å². The molecule has 0 spiro atoms. The maximum Gasteiger partial charge on any atom is 0.250 e. The Balaban J connectivity index is 2.07. The Labute approximate surface area is 163 Å². The summed E-state index contributed by atoms with van der Waals surface area (Å²) in [5.74, 6) is 0.233. The second-order valence-corrected chi connectivity index (χ2v) is 7.51. The second-order valence-electron chi connectivity index (χ2n) is 7.51. The first-order chi connectivity index (χ1) is 13.2. The average Bonchev–Trinajstić information content (AvgIpc) is 2.71. The van der Waals surface area contributed by atoms with Crippen molar-refractivity contribution in [3.8, 4) is 0 Å². The number of hydrogen-bond acceptors (Lipinski definition) is 1. The minimum Gasteiger partial charge on any atom is -0.325 e. The number of amides is 1. The Morgan fingerprint density at radius 1 is 0.926 bits per heavy atom. The van der Waals surface area contributed by atoms with Crippen molar-refractivity contribution in [2.24, 2.45) is 0 Å². The van der Waals surface area contributed by atoms with E-state index in [1.54, 1.807) is 0 Å². The summed E-state index contributed by atoms with van der Waals surface area (Å²) in [5.41, 5.74) is 4.86. The zero-order valence-electron chi connectivity index (χ0n) is 16.8. The highest BCUT2D eigenvalue weighted by Crippen LogP contribution is 2.42. The van der Waals surface area contributed by atoms with Crippen LogP contribution in [0.5, 0.6) is 0 Å². The van der Waals surface area contributed by atoms with Gasteiger partial charge in [-0.25, -0.2) is 0 Å². The van der Waals surface area contributed by atoms with Gasteiger partial charge in [-0.3, -0.25) is 4.79 Å². The molecule has 3 rings (SSSR count). The van der Waals surface area contributed by atoms with Crippen molar-refractivity contribution in [3.63, 3.8) is 0 Å². The first-order valence-electron chi connectivity index (χ1n) is 10.3. The molecule has 2 aromatic carbocycles. The highest BCUT2D eigenvalue weighted by molar-refractivity contribution is 5.96. The topological polar surface area (TPSA) is 20.3 Å². The molecular weight excluding hydrogens is 330 g/mol. The summed E-state index contributed by atoms with van der Waals surface area (Å²) in [6.07, 6.45) is 4.96. The summed E-state index contributed by atoms with van der Waals surface area (Å²) in [6, 6.07) is 21.1. The lowest BCUT2D eigenvalue weighted by Gasteiger charge is -2.42. The Hall–Kier alpha value is -2.35. The molecule has 0 N–H and O–H groups in total. The number of hydrogen-bond donors (Lipinski definition) is 0. The average molecular weight is 362 g/mol. The molecule has 2 aromatic rings. The minimum atomic E-state index is 0.0546. The Morgan fingerprint density at radius 2 is 1.52 bits per heavy atom. The molecule has 0 bridgehead atoms. The van der Waals surface area contributed by atoms with E-state index in [2.05, 4.69) is 74.2 Å². The summed E-state index contributed by atoms with van der Waals surface area (Å²) >= 11 is 0. The number of nitrogens with zero attached hydrogens (tertiary/aromatic N) is 1. The van der Waals surface area contributed by atoms with Gasteiger partial charge in [0.05, 0.1) is 12.1 Å². The predicted octanol–water partition coefficient (Wildman–Crippen LogP) is 6.62. The predicted molar refractivity (Wildman–Crippen MR) is 112 cm³/mol. The lowest BCUT2D eigenvalue weighted by Crippen LogP contribution is -2.41. The van der Waals surface area contributed by atoms with Gasteiger partial charge in [-0.15, -0.1) is 0 Å². The first-order valence-corrected chi connectivity index (χ1v) is 10.3. The maximum absolute atomic E-state index is 13.7. The van der Waals surface area contributed by atoms with Crippen LogP contribution in [-0.4, -0.2) is 10.8 Å². The molecule has 0 saturated heterocycles. The summed E-state index contributed by atoms with van der Waals surface area (Å²) in [5, 5.41) is 0. The molecule has 27 heavy (non-hydrogen) atoms. The summed E-state index contributed by atoms with van der Waals surface area (Å²) in [6.45, 7) is 6.53. The van der Waals surface area contributed by atoms with Gasteiger partial charge in [0.25, 0.3) is 5.91 Å². The Kier molecular flexibility index (Phi) is 6.49. The van der Waals surface area contributed by atoms with E-state index >= 15 is 0 Å². The van der Waals surface area contributed by atoms with Crippen LogP contribution in [0.1, 0.15) is 76.1 Å². The highest BCUT2D eigenvalue weighted by atomic mass is 16.2. The molecule has 1 aliphatic rings. The molecule has 1 aliphatic heterocycles. The van der Waals surface area contributed by atoms with Crippen molar-refractivity contribution in [3.05, 3.63) is 82.9 Å². The van der Waals surface area contributed by atoms with Gasteiger partial charge in [0.1, 0.15) is 0 Å². The standard InChI is InChI=1S/C25H31NO/c1-4-12-22-18-24(21-16-10-7-11-17-21)26(25(27)23(22)13-5-2)19(3)20-14-8-6-9-15-20/h6-11,14-17,19,24H,4-5,12-13,18H2,1-3H3/t19-,24+/m1/s1. The zero-order valence-corrected chi connectivity index (χ0v) is 16.8. The van der Waals surface area contributed by atoms with Gasteiger partial charge >= 0.3 is 0 Å². The molecule has 1 amide bonds. The SMILES string of the molecule is CCCC1=C(CCC)C(=O)N([C@H](C)c2ccccc2)[C@H](c2ccccc2)C1. The van der Waals surface area contributed by atoms with E-state index in [9.17, 15) is 4.79 Å². The molecular formula is C25H31NO. The molecule has 0 radical (unpaired) electrons. The molecule has 1 heterocycles. The van der Waals surface area contributed by atoms with Crippen LogP contribution in [-0.2, 0) is 4.79 Å². The highest BCUT2D eigenvalue weighted by Gasteiger charge is 2.37. The first kappa shape index (κ1) is 19.4. The zero-order chi connectivity index (χ0) is 19.2. The second kappa shape index (κ2) is 9.03. The van der Waals surface area contributed by atoms with E-state index in [-0.39, 0.29) is 18.0 Å². The monoisotopic (exact) mass is 361 g/mol. The van der Waals surface area contributed by atoms with Gasteiger partial charge < -0.3 is 4.90 Å². The number of benzene rings is 2. The van der Waals surface area contributed by atoms with Crippen LogP contribution in [0.3, 0.4) is 0 Å². The fraction of sp³-hybridized carbons (Fsp3) is 0.400. The van der Waals surface area contributed by atoms with E-state index in [1.807, 2.05) is 12.1 Å². The quantitative estimate of drug-likeness (QED) is 0.543. The third-order valence-electron chi connectivity index (χ3n) is 5.63. The van der Waals surface area contributed by atoms with Gasteiger partial charge in [-0.1, -0.05) is 92.9 Å². The van der Waals surface area contributed by atoms with Crippen LogP contribution < -0.4 is 0 Å². The number of rotatable bonds is 7. The molecule has 2 nitrogen and oxygen atoms in total. The molecule has 0 fully saturated rings. The van der Waals surface area contributed by atoms with E-state index < -0.39 is 0 Å².